The largest absolute Gasteiger partial charge is 0.370 e. The quantitative estimate of drug-likeness (QED) is 0.878. The van der Waals surface area contributed by atoms with E-state index in [1.54, 1.807) is 6.07 Å². The molecule has 1 aromatic heterocycles. The number of imidazole rings is 1. The average molecular weight is 286 g/mol. The zero-order valence-corrected chi connectivity index (χ0v) is 11.4. The summed E-state index contributed by atoms with van der Waals surface area (Å²) in [6.45, 7) is 2.29. The number of nitrogens with two attached hydrogens (primary N) is 1. The van der Waals surface area contributed by atoms with E-state index in [4.69, 9.17) is 28.9 Å². The van der Waals surface area contributed by atoms with Crippen LogP contribution in [0.25, 0.3) is 11.0 Å². The van der Waals surface area contributed by atoms with Gasteiger partial charge in [-0.1, -0.05) is 17.7 Å². The Morgan fingerprint density at radius 1 is 1.56 bits per heavy atom. The molecule has 2 aromatic rings. The molecule has 96 valence electrons. The number of aryl methyl sites for hydroxylation is 1. The van der Waals surface area contributed by atoms with E-state index in [1.807, 2.05) is 23.6 Å². The van der Waals surface area contributed by atoms with Gasteiger partial charge in [0.25, 0.3) is 0 Å². The molecule has 1 unspecified atom stereocenters. The lowest BCUT2D eigenvalue weighted by Crippen LogP contribution is -2.15. The Morgan fingerprint density at radius 3 is 2.89 bits per heavy atom. The third kappa shape index (κ3) is 2.44. The smallest absolute Gasteiger partial charge is 0.219 e. The van der Waals surface area contributed by atoms with Gasteiger partial charge in [0.15, 0.2) is 0 Å². The van der Waals surface area contributed by atoms with Gasteiger partial charge in [-0.15, -0.1) is 11.6 Å². The van der Waals surface area contributed by atoms with Gasteiger partial charge in [0.1, 0.15) is 11.3 Å². The molecular formula is C12H13Cl2N3O. The minimum Gasteiger partial charge on any atom is -0.370 e. The summed E-state index contributed by atoms with van der Waals surface area (Å²) in [7, 11) is 0. The zero-order chi connectivity index (χ0) is 13.3. The number of alkyl halides is 1. The van der Waals surface area contributed by atoms with E-state index in [2.05, 4.69) is 4.98 Å². The second-order valence-electron chi connectivity index (χ2n) is 4.06. The molecule has 2 N–H and O–H groups in total. The average Bonchev–Trinajstić information content (AvgIpc) is 2.66. The van der Waals surface area contributed by atoms with E-state index in [0.29, 0.717) is 22.9 Å². The Morgan fingerprint density at radius 2 is 2.28 bits per heavy atom. The van der Waals surface area contributed by atoms with Crippen molar-refractivity contribution in [2.24, 2.45) is 5.73 Å². The maximum Gasteiger partial charge on any atom is 0.219 e. The van der Waals surface area contributed by atoms with Crippen molar-refractivity contribution < 1.29 is 4.79 Å². The van der Waals surface area contributed by atoms with Crippen molar-refractivity contribution in [1.29, 1.82) is 0 Å². The lowest BCUT2D eigenvalue weighted by Gasteiger charge is -2.09. The summed E-state index contributed by atoms with van der Waals surface area (Å²) in [5, 5.41) is 0.310. The first-order valence-electron chi connectivity index (χ1n) is 5.57. The zero-order valence-electron chi connectivity index (χ0n) is 9.86. The molecule has 18 heavy (non-hydrogen) atoms. The number of amides is 1. The minimum atomic E-state index is -0.355. The van der Waals surface area contributed by atoms with Crippen LogP contribution in [0.5, 0.6) is 0 Å². The first-order chi connectivity index (χ1) is 8.50. The van der Waals surface area contributed by atoms with E-state index in [9.17, 15) is 4.79 Å². The second-order valence-corrected chi connectivity index (χ2v) is 5.12. The van der Waals surface area contributed by atoms with Gasteiger partial charge in [-0.05, 0) is 19.1 Å². The molecule has 0 aliphatic rings. The third-order valence-corrected chi connectivity index (χ3v) is 3.20. The molecule has 1 aromatic carbocycles. The monoisotopic (exact) mass is 285 g/mol. The molecule has 1 atom stereocenters. The molecule has 0 bridgehead atoms. The molecule has 1 amide bonds. The summed E-state index contributed by atoms with van der Waals surface area (Å²) in [5.74, 6) is 0.341. The number of para-hydroxylation sites is 1. The fourth-order valence-electron chi connectivity index (χ4n) is 1.89. The lowest BCUT2D eigenvalue weighted by atomic mass is 10.3. The number of hydrogen-bond acceptors (Lipinski definition) is 2. The molecule has 0 radical (unpaired) electrons. The molecule has 2 rings (SSSR count). The maximum atomic E-state index is 10.9. The summed E-state index contributed by atoms with van der Waals surface area (Å²) in [6, 6.07) is 5.52. The number of fused-ring (bicyclic) bond motifs is 1. The summed E-state index contributed by atoms with van der Waals surface area (Å²) in [4.78, 5) is 15.3. The van der Waals surface area contributed by atoms with E-state index in [-0.39, 0.29) is 17.7 Å². The van der Waals surface area contributed by atoms with Crippen molar-refractivity contribution in [3.8, 4) is 0 Å². The van der Waals surface area contributed by atoms with Crippen molar-refractivity contribution in [3.63, 3.8) is 0 Å². The van der Waals surface area contributed by atoms with Gasteiger partial charge in [-0.3, -0.25) is 4.79 Å². The van der Waals surface area contributed by atoms with Gasteiger partial charge in [-0.2, -0.15) is 0 Å². The summed E-state index contributed by atoms with van der Waals surface area (Å²) < 4.78 is 1.89. The lowest BCUT2D eigenvalue weighted by molar-refractivity contribution is -0.118. The molecule has 0 aliphatic carbocycles. The van der Waals surface area contributed by atoms with Crippen LogP contribution >= 0.6 is 23.2 Å². The minimum absolute atomic E-state index is 0.245. The van der Waals surface area contributed by atoms with Gasteiger partial charge < -0.3 is 10.3 Å². The number of carbonyl (C=O) groups is 1. The first kappa shape index (κ1) is 13.2. The Kier molecular flexibility index (Phi) is 3.78. The van der Waals surface area contributed by atoms with Crippen LogP contribution in [0, 0.1) is 0 Å². The van der Waals surface area contributed by atoms with Gasteiger partial charge in [0.2, 0.25) is 5.91 Å². The van der Waals surface area contributed by atoms with E-state index >= 15 is 0 Å². The molecule has 0 saturated carbocycles. The number of halogens is 2. The van der Waals surface area contributed by atoms with Crippen LogP contribution in [0.3, 0.4) is 0 Å². The maximum absolute atomic E-state index is 10.9. The Balaban J connectivity index is 2.55. The molecule has 6 heteroatoms. The van der Waals surface area contributed by atoms with Crippen molar-refractivity contribution in [3.05, 3.63) is 29.0 Å². The first-order valence-corrected chi connectivity index (χ1v) is 6.39. The van der Waals surface area contributed by atoms with E-state index in [1.165, 1.54) is 0 Å². The molecule has 1 heterocycles. The van der Waals surface area contributed by atoms with E-state index < -0.39 is 0 Å². The standard InChI is InChI=1S/C12H13Cl2N3O/c1-7(13)12-16-11-8(14)3-2-4-9(11)17(12)6-5-10(15)18/h2-4,7H,5-6H2,1H3,(H2,15,18). The van der Waals surface area contributed by atoms with Crippen LogP contribution in [0.1, 0.15) is 24.5 Å². The fraction of sp³-hybridized carbons (Fsp3) is 0.333. The van der Waals surface area contributed by atoms with Crippen LogP contribution in [0.15, 0.2) is 18.2 Å². The molecule has 0 saturated heterocycles. The van der Waals surface area contributed by atoms with Crippen molar-refractivity contribution >= 4 is 40.1 Å². The number of nitrogens with zero attached hydrogens (tertiary/aromatic N) is 2. The Hall–Kier alpha value is -1.26. The molecule has 0 fully saturated rings. The molecule has 4 nitrogen and oxygen atoms in total. The van der Waals surface area contributed by atoms with Crippen LogP contribution in [0.4, 0.5) is 0 Å². The Bertz CT molecular complexity index is 592. The topological polar surface area (TPSA) is 60.9 Å². The number of rotatable bonds is 4. The molecular weight excluding hydrogens is 273 g/mol. The van der Waals surface area contributed by atoms with Crippen molar-refractivity contribution in [1.82, 2.24) is 9.55 Å². The summed E-state index contributed by atoms with van der Waals surface area (Å²) >= 11 is 12.2. The normalized spacial score (nSPS) is 12.8. The predicted molar refractivity (Wildman–Crippen MR) is 72.8 cm³/mol. The highest BCUT2D eigenvalue weighted by molar-refractivity contribution is 6.35. The van der Waals surface area contributed by atoms with Crippen LogP contribution in [-0.2, 0) is 11.3 Å². The van der Waals surface area contributed by atoms with Gasteiger partial charge in [0, 0.05) is 13.0 Å². The molecule has 0 spiro atoms. The summed E-state index contributed by atoms with van der Waals surface area (Å²) in [6.07, 6.45) is 0.245. The predicted octanol–water partition coefficient (Wildman–Crippen LogP) is 2.86. The highest BCUT2D eigenvalue weighted by atomic mass is 35.5. The van der Waals surface area contributed by atoms with Crippen molar-refractivity contribution in [2.45, 2.75) is 25.3 Å². The highest BCUT2D eigenvalue weighted by Crippen LogP contribution is 2.28. The second kappa shape index (κ2) is 5.16. The Labute approximate surface area is 115 Å². The fourth-order valence-corrected chi connectivity index (χ4v) is 2.27. The highest BCUT2D eigenvalue weighted by Gasteiger charge is 2.16. The summed E-state index contributed by atoms with van der Waals surface area (Å²) in [5.41, 5.74) is 6.74. The SMILES string of the molecule is CC(Cl)c1nc2c(Cl)cccc2n1CCC(N)=O. The van der Waals surface area contributed by atoms with Gasteiger partial charge in [0.05, 0.1) is 15.9 Å². The van der Waals surface area contributed by atoms with Gasteiger partial charge >= 0.3 is 0 Å². The van der Waals surface area contributed by atoms with Crippen LogP contribution in [-0.4, -0.2) is 15.5 Å². The van der Waals surface area contributed by atoms with Crippen LogP contribution in [0.2, 0.25) is 5.02 Å². The number of primary amides is 1. The number of carbonyl (C=O) groups excluding carboxylic acids is 1. The number of hydrogen-bond donors (Lipinski definition) is 1. The van der Waals surface area contributed by atoms with E-state index in [0.717, 1.165) is 5.52 Å². The number of benzene rings is 1. The number of aromatic nitrogens is 2. The molecule has 0 aliphatic heterocycles. The third-order valence-electron chi connectivity index (χ3n) is 2.70. The van der Waals surface area contributed by atoms with Crippen molar-refractivity contribution in [2.75, 3.05) is 0 Å². The van der Waals surface area contributed by atoms with Crippen LogP contribution < -0.4 is 5.73 Å². The van der Waals surface area contributed by atoms with Gasteiger partial charge in [-0.25, -0.2) is 4.98 Å².